The Bertz CT molecular complexity index is 817. The minimum atomic E-state index is -0.694. The zero-order valence-corrected chi connectivity index (χ0v) is 13.5. The fraction of sp³-hybridized carbons (Fsp3) is 0.389. The summed E-state index contributed by atoms with van der Waals surface area (Å²) in [4.78, 5) is 36.6. The van der Waals surface area contributed by atoms with Crippen molar-refractivity contribution in [2.45, 2.75) is 44.7 Å². The molecule has 1 N–H and O–H groups in total. The zero-order valence-electron chi connectivity index (χ0n) is 13.5. The fourth-order valence-electron chi connectivity index (χ4n) is 3.10. The van der Waals surface area contributed by atoms with Crippen molar-refractivity contribution in [2.75, 3.05) is 0 Å². The molecule has 1 aliphatic carbocycles. The predicted octanol–water partition coefficient (Wildman–Crippen LogP) is 1.45. The first kappa shape index (κ1) is 16.2. The van der Waals surface area contributed by atoms with Gasteiger partial charge in [0.25, 0.3) is 0 Å². The summed E-state index contributed by atoms with van der Waals surface area (Å²) in [5, 5.41) is 2.95. The second kappa shape index (κ2) is 7.29. The number of hydrogen-bond donors (Lipinski definition) is 1. The van der Waals surface area contributed by atoms with Crippen molar-refractivity contribution in [2.24, 2.45) is 0 Å². The molecule has 2 aromatic rings. The standard InChI is InChI=1S/C18H21N3O3/c22-16(19-14-7-3-1-4-8-14)13-20-11-12-21(18(24)17(20)23)15-9-5-2-6-10-15/h2,5-6,9-12,14H,1,3-4,7-8,13H2,(H,19,22). The highest BCUT2D eigenvalue weighted by Crippen LogP contribution is 2.17. The molecule has 0 spiro atoms. The van der Waals surface area contributed by atoms with E-state index in [2.05, 4.69) is 5.32 Å². The van der Waals surface area contributed by atoms with Crippen molar-refractivity contribution in [3.8, 4) is 5.69 Å². The fourth-order valence-corrected chi connectivity index (χ4v) is 3.10. The highest BCUT2D eigenvalue weighted by molar-refractivity contribution is 5.76. The Morgan fingerprint density at radius 1 is 1.00 bits per heavy atom. The lowest BCUT2D eigenvalue weighted by molar-refractivity contribution is -0.122. The van der Waals surface area contributed by atoms with Crippen molar-refractivity contribution in [3.63, 3.8) is 0 Å². The molecule has 24 heavy (non-hydrogen) atoms. The molecule has 0 aliphatic heterocycles. The Morgan fingerprint density at radius 2 is 1.71 bits per heavy atom. The number of rotatable bonds is 4. The predicted molar refractivity (Wildman–Crippen MR) is 91.3 cm³/mol. The van der Waals surface area contributed by atoms with Gasteiger partial charge in [-0.05, 0) is 25.0 Å². The van der Waals surface area contributed by atoms with E-state index in [1.165, 1.54) is 27.9 Å². The molecule has 1 aromatic carbocycles. The summed E-state index contributed by atoms with van der Waals surface area (Å²) in [7, 11) is 0. The van der Waals surface area contributed by atoms with Crippen LogP contribution < -0.4 is 16.4 Å². The molecule has 1 saturated carbocycles. The Labute approximate surface area is 139 Å². The molecule has 1 aliphatic rings. The molecule has 0 radical (unpaired) electrons. The van der Waals surface area contributed by atoms with Crippen LogP contribution in [0.5, 0.6) is 0 Å². The highest BCUT2D eigenvalue weighted by Gasteiger charge is 2.16. The van der Waals surface area contributed by atoms with E-state index >= 15 is 0 Å². The van der Waals surface area contributed by atoms with Gasteiger partial charge in [-0.25, -0.2) is 0 Å². The molecule has 1 aromatic heterocycles. The average Bonchev–Trinajstić information content (AvgIpc) is 2.61. The third-order valence-electron chi connectivity index (χ3n) is 4.38. The van der Waals surface area contributed by atoms with Crippen molar-refractivity contribution in [1.82, 2.24) is 14.5 Å². The molecular formula is C18H21N3O3. The zero-order chi connectivity index (χ0) is 16.9. The van der Waals surface area contributed by atoms with Crippen LogP contribution in [0.15, 0.2) is 52.3 Å². The molecule has 0 bridgehead atoms. The Kier molecular flexibility index (Phi) is 4.93. The van der Waals surface area contributed by atoms with Gasteiger partial charge < -0.3 is 5.32 Å². The summed E-state index contributed by atoms with van der Waals surface area (Å²) in [6.45, 7) is -0.125. The minimum Gasteiger partial charge on any atom is -0.352 e. The van der Waals surface area contributed by atoms with Gasteiger partial charge in [0.15, 0.2) is 0 Å². The Balaban J connectivity index is 1.75. The molecule has 6 heteroatoms. The van der Waals surface area contributed by atoms with E-state index in [0.29, 0.717) is 5.69 Å². The summed E-state index contributed by atoms with van der Waals surface area (Å²) in [6, 6.07) is 9.12. The minimum absolute atomic E-state index is 0.125. The lowest BCUT2D eigenvalue weighted by Crippen LogP contribution is -2.44. The summed E-state index contributed by atoms with van der Waals surface area (Å²) < 4.78 is 2.46. The lowest BCUT2D eigenvalue weighted by Gasteiger charge is -2.22. The van der Waals surface area contributed by atoms with Crippen LogP contribution in [0.1, 0.15) is 32.1 Å². The first-order valence-corrected chi connectivity index (χ1v) is 8.32. The number of carbonyl (C=O) groups excluding carboxylic acids is 1. The van der Waals surface area contributed by atoms with Crippen molar-refractivity contribution in [1.29, 1.82) is 0 Å². The SMILES string of the molecule is O=C(Cn1ccn(-c2ccccc2)c(=O)c1=O)NC1CCCCC1. The van der Waals surface area contributed by atoms with Crippen LogP contribution in [0, 0.1) is 0 Å². The van der Waals surface area contributed by atoms with Gasteiger partial charge >= 0.3 is 11.1 Å². The van der Waals surface area contributed by atoms with Crippen LogP contribution in [0.4, 0.5) is 0 Å². The quantitative estimate of drug-likeness (QED) is 0.864. The van der Waals surface area contributed by atoms with Crippen LogP contribution in [0.2, 0.25) is 0 Å². The normalized spacial score (nSPS) is 15.2. The van der Waals surface area contributed by atoms with Crippen LogP contribution in [0.3, 0.4) is 0 Å². The van der Waals surface area contributed by atoms with E-state index in [4.69, 9.17) is 0 Å². The van der Waals surface area contributed by atoms with E-state index in [9.17, 15) is 14.4 Å². The molecule has 6 nitrogen and oxygen atoms in total. The van der Waals surface area contributed by atoms with Crippen molar-refractivity contribution in [3.05, 3.63) is 63.4 Å². The Morgan fingerprint density at radius 3 is 2.42 bits per heavy atom. The number of benzene rings is 1. The highest BCUT2D eigenvalue weighted by atomic mass is 16.2. The lowest BCUT2D eigenvalue weighted by atomic mass is 9.95. The van der Waals surface area contributed by atoms with Gasteiger partial charge in [-0.15, -0.1) is 0 Å². The van der Waals surface area contributed by atoms with E-state index < -0.39 is 11.1 Å². The van der Waals surface area contributed by atoms with Gasteiger partial charge in [0.2, 0.25) is 5.91 Å². The summed E-state index contributed by atoms with van der Waals surface area (Å²) in [6.07, 6.45) is 8.43. The van der Waals surface area contributed by atoms with E-state index in [1.807, 2.05) is 6.07 Å². The molecule has 0 saturated heterocycles. The number of aromatic nitrogens is 2. The van der Waals surface area contributed by atoms with Gasteiger partial charge in [-0.3, -0.25) is 23.5 Å². The van der Waals surface area contributed by atoms with E-state index in [1.54, 1.807) is 24.3 Å². The molecule has 1 fully saturated rings. The summed E-state index contributed by atoms with van der Waals surface area (Å²) in [5.74, 6) is -0.221. The molecule has 0 atom stereocenters. The van der Waals surface area contributed by atoms with Gasteiger partial charge in [-0.2, -0.15) is 0 Å². The van der Waals surface area contributed by atoms with Gasteiger partial charge in [0.1, 0.15) is 6.54 Å². The third-order valence-corrected chi connectivity index (χ3v) is 4.38. The maximum absolute atomic E-state index is 12.3. The molecule has 1 amide bonds. The number of carbonyl (C=O) groups is 1. The first-order valence-electron chi connectivity index (χ1n) is 8.32. The molecule has 1 heterocycles. The van der Waals surface area contributed by atoms with Gasteiger partial charge in [0, 0.05) is 24.1 Å². The number of nitrogens with zero attached hydrogens (tertiary/aromatic N) is 2. The smallest absolute Gasteiger partial charge is 0.320 e. The molecular weight excluding hydrogens is 306 g/mol. The second-order valence-corrected chi connectivity index (χ2v) is 6.14. The number of hydrogen-bond acceptors (Lipinski definition) is 3. The first-order chi connectivity index (χ1) is 11.6. The van der Waals surface area contributed by atoms with E-state index in [-0.39, 0.29) is 18.5 Å². The average molecular weight is 327 g/mol. The summed E-state index contributed by atoms with van der Waals surface area (Å²) >= 11 is 0. The second-order valence-electron chi connectivity index (χ2n) is 6.14. The van der Waals surface area contributed by atoms with Crippen LogP contribution in [-0.4, -0.2) is 21.1 Å². The molecule has 0 unspecified atom stereocenters. The summed E-state index contributed by atoms with van der Waals surface area (Å²) in [5.41, 5.74) is -0.729. The van der Waals surface area contributed by atoms with Crippen molar-refractivity contribution < 1.29 is 4.79 Å². The Hall–Kier alpha value is -2.63. The van der Waals surface area contributed by atoms with Crippen LogP contribution in [0.25, 0.3) is 5.69 Å². The number of nitrogens with one attached hydrogen (secondary N) is 1. The number of amides is 1. The van der Waals surface area contributed by atoms with Gasteiger partial charge in [0.05, 0.1) is 0 Å². The van der Waals surface area contributed by atoms with Crippen molar-refractivity contribution >= 4 is 5.91 Å². The van der Waals surface area contributed by atoms with Crippen LogP contribution in [-0.2, 0) is 11.3 Å². The topological polar surface area (TPSA) is 73.1 Å². The molecule has 126 valence electrons. The van der Waals surface area contributed by atoms with Gasteiger partial charge in [-0.1, -0.05) is 37.5 Å². The van der Waals surface area contributed by atoms with E-state index in [0.717, 1.165) is 25.7 Å². The largest absolute Gasteiger partial charge is 0.352 e. The molecule has 3 rings (SSSR count). The maximum atomic E-state index is 12.3. The number of para-hydroxylation sites is 1. The van der Waals surface area contributed by atoms with Crippen LogP contribution >= 0.6 is 0 Å². The third kappa shape index (κ3) is 3.64. The monoisotopic (exact) mass is 327 g/mol. The maximum Gasteiger partial charge on any atom is 0.320 e.